The van der Waals surface area contributed by atoms with E-state index in [1.54, 1.807) is 6.20 Å². The highest BCUT2D eigenvalue weighted by atomic mass is 16.1. The molecule has 2 aromatic rings. The Balaban J connectivity index is 1.81. The van der Waals surface area contributed by atoms with Gasteiger partial charge in [0, 0.05) is 49.8 Å². The van der Waals surface area contributed by atoms with Gasteiger partial charge in [0.2, 0.25) is 5.91 Å². The van der Waals surface area contributed by atoms with E-state index in [1.807, 2.05) is 18.3 Å². The molecule has 0 radical (unpaired) electrons. The Morgan fingerprint density at radius 2 is 1.93 bits per heavy atom. The van der Waals surface area contributed by atoms with Crippen molar-refractivity contribution in [2.45, 2.75) is 26.2 Å². The molecule has 1 aliphatic heterocycles. The van der Waals surface area contributed by atoms with E-state index in [2.05, 4.69) is 58.6 Å². The molecule has 1 aliphatic rings. The highest BCUT2D eigenvalue weighted by molar-refractivity contribution is 5.84. The molecule has 0 saturated carbocycles. The lowest BCUT2D eigenvalue weighted by Gasteiger charge is -2.29. The van der Waals surface area contributed by atoms with Crippen molar-refractivity contribution in [3.05, 3.63) is 48.3 Å². The maximum Gasteiger partial charge on any atom is 0.228 e. The molecule has 3 rings (SSSR count). The lowest BCUT2D eigenvalue weighted by Crippen LogP contribution is -2.43. The zero-order chi connectivity index (χ0) is 20.6. The number of hydrogen-bond donors (Lipinski definition) is 2. The number of aromatic nitrogens is 1. The third-order valence-electron chi connectivity index (χ3n) is 5.21. The molecule has 1 aromatic heterocycles. The van der Waals surface area contributed by atoms with E-state index in [4.69, 9.17) is 5.26 Å². The number of pyridine rings is 1. The fraction of sp³-hybridized carbons (Fsp3) is 0.435. The van der Waals surface area contributed by atoms with E-state index in [-0.39, 0.29) is 18.4 Å². The van der Waals surface area contributed by atoms with Crippen LogP contribution in [0, 0.1) is 17.2 Å². The van der Waals surface area contributed by atoms with Crippen molar-refractivity contribution in [1.82, 2.24) is 15.6 Å². The van der Waals surface area contributed by atoms with Crippen LogP contribution in [0.1, 0.15) is 31.7 Å². The smallest absolute Gasteiger partial charge is 0.228 e. The number of benzene rings is 1. The summed E-state index contributed by atoms with van der Waals surface area (Å²) < 4.78 is 0. The molecule has 29 heavy (non-hydrogen) atoms. The Kier molecular flexibility index (Phi) is 7.20. The average molecular weight is 392 g/mol. The predicted molar refractivity (Wildman–Crippen MR) is 116 cm³/mol. The van der Waals surface area contributed by atoms with Crippen LogP contribution in [-0.4, -0.2) is 43.6 Å². The summed E-state index contributed by atoms with van der Waals surface area (Å²) in [5, 5.41) is 14.8. The fourth-order valence-corrected chi connectivity index (χ4v) is 3.71. The van der Waals surface area contributed by atoms with Crippen LogP contribution in [0.15, 0.2) is 42.7 Å². The highest BCUT2D eigenvalue weighted by Gasteiger charge is 2.22. The van der Waals surface area contributed by atoms with Gasteiger partial charge >= 0.3 is 0 Å². The third kappa shape index (κ3) is 5.55. The fourth-order valence-electron chi connectivity index (χ4n) is 3.71. The van der Waals surface area contributed by atoms with Crippen LogP contribution in [0.2, 0.25) is 0 Å². The molecule has 0 spiro atoms. The molecule has 2 N–H and O–H groups in total. The lowest BCUT2D eigenvalue weighted by atomic mass is 9.89. The summed E-state index contributed by atoms with van der Waals surface area (Å²) in [6.45, 7) is 8.27. The number of nitrogens with zero attached hydrogens (tertiary/aromatic N) is 3. The Labute approximate surface area is 172 Å². The number of rotatable bonds is 7. The number of anilines is 1. The summed E-state index contributed by atoms with van der Waals surface area (Å²) in [5.74, 6) is -0.0704. The molecule has 2 heterocycles. The summed E-state index contributed by atoms with van der Waals surface area (Å²) in [5.41, 5.74) is 4.20. The van der Waals surface area contributed by atoms with Gasteiger partial charge in [0.1, 0.15) is 6.54 Å². The second kappa shape index (κ2) is 10.0. The first-order chi connectivity index (χ1) is 14.1. The summed E-state index contributed by atoms with van der Waals surface area (Å²) in [4.78, 5) is 19.4. The standard InChI is InChI=1S/C23H29N5O/c1-17(2)13-22(23(29)27-8-7-24)20-14-19(15-26-16-20)18-3-5-21(6-4-18)28-11-9-25-10-12-28/h3-6,14-17,22,25H,8-13H2,1-2H3,(H,27,29). The number of piperazine rings is 1. The summed E-state index contributed by atoms with van der Waals surface area (Å²) in [7, 11) is 0. The third-order valence-corrected chi connectivity index (χ3v) is 5.21. The van der Waals surface area contributed by atoms with Crippen LogP contribution in [0.3, 0.4) is 0 Å². The molecule has 152 valence electrons. The van der Waals surface area contributed by atoms with E-state index in [9.17, 15) is 4.79 Å². The molecule has 1 fully saturated rings. The second-order valence-corrected chi connectivity index (χ2v) is 7.85. The molecule has 1 unspecified atom stereocenters. The quantitative estimate of drug-likeness (QED) is 0.710. The minimum atomic E-state index is -0.309. The van der Waals surface area contributed by atoms with Crippen molar-refractivity contribution >= 4 is 11.6 Å². The van der Waals surface area contributed by atoms with E-state index in [1.165, 1.54) is 5.69 Å². The Bertz CT molecular complexity index is 850. The van der Waals surface area contributed by atoms with Crippen LogP contribution < -0.4 is 15.5 Å². The maximum atomic E-state index is 12.6. The number of nitriles is 1. The average Bonchev–Trinajstić information content (AvgIpc) is 2.76. The minimum absolute atomic E-state index is 0.0219. The van der Waals surface area contributed by atoms with Gasteiger partial charge in [0.15, 0.2) is 0 Å². The van der Waals surface area contributed by atoms with E-state index in [0.717, 1.165) is 42.9 Å². The number of carbonyl (C=O) groups excluding carboxylic acids is 1. The zero-order valence-electron chi connectivity index (χ0n) is 17.2. The molecular formula is C23H29N5O. The molecule has 1 amide bonds. The van der Waals surface area contributed by atoms with Crippen LogP contribution in [0.5, 0.6) is 0 Å². The van der Waals surface area contributed by atoms with Crippen LogP contribution >= 0.6 is 0 Å². The van der Waals surface area contributed by atoms with E-state index in [0.29, 0.717) is 12.3 Å². The van der Waals surface area contributed by atoms with Gasteiger partial charge in [-0.05, 0) is 41.7 Å². The van der Waals surface area contributed by atoms with Gasteiger partial charge < -0.3 is 15.5 Å². The van der Waals surface area contributed by atoms with E-state index >= 15 is 0 Å². The minimum Gasteiger partial charge on any atom is -0.369 e. The Morgan fingerprint density at radius 3 is 2.59 bits per heavy atom. The van der Waals surface area contributed by atoms with Crippen LogP contribution in [-0.2, 0) is 4.79 Å². The maximum absolute atomic E-state index is 12.6. The van der Waals surface area contributed by atoms with E-state index < -0.39 is 0 Å². The molecule has 6 heteroatoms. The van der Waals surface area contributed by atoms with Crippen molar-refractivity contribution in [2.24, 2.45) is 5.92 Å². The summed E-state index contributed by atoms with van der Waals surface area (Å²) in [6.07, 6.45) is 4.31. The van der Waals surface area contributed by atoms with Crippen molar-refractivity contribution in [1.29, 1.82) is 5.26 Å². The normalized spacial score (nSPS) is 15.0. The van der Waals surface area contributed by atoms with Crippen molar-refractivity contribution in [3.8, 4) is 17.2 Å². The molecule has 1 aromatic carbocycles. The largest absolute Gasteiger partial charge is 0.369 e. The molecule has 0 aliphatic carbocycles. The Morgan fingerprint density at radius 1 is 1.21 bits per heavy atom. The zero-order valence-corrected chi connectivity index (χ0v) is 17.2. The van der Waals surface area contributed by atoms with Gasteiger partial charge in [-0.2, -0.15) is 5.26 Å². The lowest BCUT2D eigenvalue weighted by molar-refractivity contribution is -0.122. The molecule has 1 saturated heterocycles. The number of hydrogen-bond acceptors (Lipinski definition) is 5. The summed E-state index contributed by atoms with van der Waals surface area (Å²) in [6, 6.07) is 12.6. The topological polar surface area (TPSA) is 81.0 Å². The molecule has 0 bridgehead atoms. The summed E-state index contributed by atoms with van der Waals surface area (Å²) >= 11 is 0. The van der Waals surface area contributed by atoms with Gasteiger partial charge in [0.25, 0.3) is 0 Å². The Hall–Kier alpha value is -2.91. The van der Waals surface area contributed by atoms with Gasteiger partial charge in [-0.15, -0.1) is 0 Å². The predicted octanol–water partition coefficient (Wildman–Crippen LogP) is 2.93. The van der Waals surface area contributed by atoms with Gasteiger partial charge in [0.05, 0.1) is 12.0 Å². The molecule has 6 nitrogen and oxygen atoms in total. The molecular weight excluding hydrogens is 362 g/mol. The SMILES string of the molecule is CC(C)CC(C(=O)NCC#N)c1cncc(-c2ccc(N3CCNCC3)cc2)c1. The first-order valence-corrected chi connectivity index (χ1v) is 10.2. The molecule has 1 atom stereocenters. The number of nitrogens with one attached hydrogen (secondary N) is 2. The first-order valence-electron chi connectivity index (χ1n) is 10.2. The second-order valence-electron chi connectivity index (χ2n) is 7.85. The van der Waals surface area contributed by atoms with Crippen molar-refractivity contribution in [3.63, 3.8) is 0 Å². The highest BCUT2D eigenvalue weighted by Crippen LogP contribution is 2.29. The van der Waals surface area contributed by atoms with Crippen LogP contribution in [0.4, 0.5) is 5.69 Å². The van der Waals surface area contributed by atoms with Gasteiger partial charge in [-0.25, -0.2) is 0 Å². The number of amides is 1. The number of carbonyl (C=O) groups is 1. The van der Waals surface area contributed by atoms with Gasteiger partial charge in [-0.3, -0.25) is 9.78 Å². The van der Waals surface area contributed by atoms with Crippen molar-refractivity contribution in [2.75, 3.05) is 37.6 Å². The monoisotopic (exact) mass is 391 g/mol. The van der Waals surface area contributed by atoms with Gasteiger partial charge in [-0.1, -0.05) is 26.0 Å². The first kappa shape index (κ1) is 20.8. The van der Waals surface area contributed by atoms with Crippen LogP contribution in [0.25, 0.3) is 11.1 Å². The van der Waals surface area contributed by atoms with Crippen molar-refractivity contribution < 1.29 is 4.79 Å².